The van der Waals surface area contributed by atoms with Gasteiger partial charge in [0.25, 0.3) is 0 Å². The summed E-state index contributed by atoms with van der Waals surface area (Å²) in [6.07, 6.45) is 1.37. The molecule has 29 heavy (non-hydrogen) atoms. The van der Waals surface area contributed by atoms with E-state index in [1.807, 2.05) is 36.4 Å². The number of para-hydroxylation sites is 2. The molecule has 3 aromatic carbocycles. The van der Waals surface area contributed by atoms with Crippen LogP contribution in [-0.4, -0.2) is 18.0 Å². The van der Waals surface area contributed by atoms with Gasteiger partial charge in [-0.25, -0.2) is 9.82 Å². The number of hydrogen-bond acceptors (Lipinski definition) is 4. The minimum absolute atomic E-state index is 0.0868. The van der Waals surface area contributed by atoms with Crippen LogP contribution in [0.2, 0.25) is 0 Å². The summed E-state index contributed by atoms with van der Waals surface area (Å²) in [5.41, 5.74) is 3.66. The lowest BCUT2D eigenvalue weighted by Crippen LogP contribution is -2.32. The Bertz CT molecular complexity index is 1020. The van der Waals surface area contributed by atoms with Crippen LogP contribution < -0.4 is 15.5 Å². The van der Waals surface area contributed by atoms with Crippen molar-refractivity contribution in [3.63, 3.8) is 0 Å². The number of hydrogen-bond donors (Lipinski definition) is 2. The fourth-order valence-corrected chi connectivity index (χ4v) is 2.41. The largest absolute Gasteiger partial charge is 0.488 e. The quantitative estimate of drug-likeness (QED) is 0.383. The summed E-state index contributed by atoms with van der Waals surface area (Å²) in [5.74, 6) is -2.11. The monoisotopic (exact) mass is 391 g/mol. The second kappa shape index (κ2) is 9.80. The molecule has 0 aliphatic carbocycles. The Morgan fingerprint density at radius 1 is 0.897 bits per heavy atom. The molecule has 0 heterocycles. The Hall–Kier alpha value is -4.00. The number of nitrogens with one attached hydrogen (secondary N) is 2. The molecule has 3 rings (SSSR count). The van der Waals surface area contributed by atoms with Gasteiger partial charge >= 0.3 is 11.8 Å². The first-order valence-electron chi connectivity index (χ1n) is 8.78. The molecule has 6 nitrogen and oxygen atoms in total. The summed E-state index contributed by atoms with van der Waals surface area (Å²) >= 11 is 0. The molecule has 0 spiro atoms. The van der Waals surface area contributed by atoms with Crippen LogP contribution in [0.3, 0.4) is 0 Å². The van der Waals surface area contributed by atoms with E-state index in [2.05, 4.69) is 15.8 Å². The predicted molar refractivity (Wildman–Crippen MR) is 108 cm³/mol. The van der Waals surface area contributed by atoms with Gasteiger partial charge in [-0.15, -0.1) is 0 Å². The molecule has 0 aliphatic rings. The van der Waals surface area contributed by atoms with Crippen LogP contribution in [0.4, 0.5) is 10.1 Å². The van der Waals surface area contributed by atoms with Crippen molar-refractivity contribution in [1.29, 1.82) is 0 Å². The summed E-state index contributed by atoms with van der Waals surface area (Å²) in [6, 6.07) is 22.4. The third-order valence-corrected chi connectivity index (χ3v) is 3.85. The van der Waals surface area contributed by atoms with Crippen molar-refractivity contribution in [1.82, 2.24) is 5.43 Å². The van der Waals surface area contributed by atoms with Crippen molar-refractivity contribution in [2.75, 3.05) is 5.32 Å². The number of rotatable bonds is 6. The molecule has 0 unspecified atom stereocenters. The van der Waals surface area contributed by atoms with Crippen LogP contribution in [0.1, 0.15) is 11.1 Å². The number of benzene rings is 3. The molecule has 7 heteroatoms. The molecule has 0 radical (unpaired) electrons. The lowest BCUT2D eigenvalue weighted by atomic mass is 10.2. The normalized spacial score (nSPS) is 10.5. The topological polar surface area (TPSA) is 79.8 Å². The SMILES string of the molecule is O=C(NN=Cc1ccccc1OCc1ccccc1)C(=O)Nc1ccccc1F. The van der Waals surface area contributed by atoms with E-state index in [1.54, 1.807) is 24.3 Å². The van der Waals surface area contributed by atoms with Crippen LogP contribution >= 0.6 is 0 Å². The van der Waals surface area contributed by atoms with Crippen molar-refractivity contribution in [2.24, 2.45) is 5.10 Å². The summed E-state index contributed by atoms with van der Waals surface area (Å²) in [5, 5.41) is 5.97. The minimum atomic E-state index is -1.03. The average Bonchev–Trinajstić information content (AvgIpc) is 2.75. The van der Waals surface area contributed by atoms with Gasteiger partial charge in [-0.3, -0.25) is 9.59 Å². The van der Waals surface area contributed by atoms with Crippen LogP contribution in [0.5, 0.6) is 5.75 Å². The van der Waals surface area contributed by atoms with Gasteiger partial charge in [0.15, 0.2) is 0 Å². The maximum Gasteiger partial charge on any atom is 0.329 e. The van der Waals surface area contributed by atoms with E-state index >= 15 is 0 Å². The first kappa shape index (κ1) is 19.8. The second-order valence-corrected chi connectivity index (χ2v) is 5.95. The summed E-state index contributed by atoms with van der Waals surface area (Å²) in [4.78, 5) is 23.7. The highest BCUT2D eigenvalue weighted by atomic mass is 19.1. The second-order valence-electron chi connectivity index (χ2n) is 5.95. The van der Waals surface area contributed by atoms with Crippen LogP contribution in [0.25, 0.3) is 0 Å². The zero-order valence-electron chi connectivity index (χ0n) is 15.3. The number of ether oxygens (including phenoxy) is 1. The van der Waals surface area contributed by atoms with E-state index < -0.39 is 17.6 Å². The molecule has 0 saturated heterocycles. The van der Waals surface area contributed by atoms with Crippen LogP contribution in [-0.2, 0) is 16.2 Å². The van der Waals surface area contributed by atoms with Gasteiger partial charge in [0.05, 0.1) is 11.9 Å². The maximum absolute atomic E-state index is 13.5. The van der Waals surface area contributed by atoms with Gasteiger partial charge in [0, 0.05) is 5.56 Å². The third kappa shape index (κ3) is 5.74. The smallest absolute Gasteiger partial charge is 0.329 e. The molecular formula is C22H18FN3O3. The minimum Gasteiger partial charge on any atom is -0.488 e. The Balaban J connectivity index is 1.58. The zero-order chi connectivity index (χ0) is 20.5. The summed E-state index contributed by atoms with van der Waals surface area (Å²) in [7, 11) is 0. The number of carbonyl (C=O) groups excluding carboxylic acids is 2. The fourth-order valence-electron chi connectivity index (χ4n) is 2.41. The molecule has 0 saturated carbocycles. The number of anilines is 1. The summed E-state index contributed by atoms with van der Waals surface area (Å²) < 4.78 is 19.3. The highest BCUT2D eigenvalue weighted by Crippen LogP contribution is 2.17. The van der Waals surface area contributed by atoms with E-state index in [-0.39, 0.29) is 5.69 Å². The summed E-state index contributed by atoms with van der Waals surface area (Å²) in [6.45, 7) is 0.378. The fraction of sp³-hybridized carbons (Fsp3) is 0.0455. The molecule has 0 fully saturated rings. The number of hydrazone groups is 1. The molecular weight excluding hydrogens is 373 g/mol. The van der Waals surface area contributed by atoms with Crippen LogP contribution in [0, 0.1) is 5.82 Å². The van der Waals surface area contributed by atoms with Gasteiger partial charge in [-0.05, 0) is 29.8 Å². The highest BCUT2D eigenvalue weighted by Gasteiger charge is 2.14. The van der Waals surface area contributed by atoms with Gasteiger partial charge in [0.2, 0.25) is 0 Å². The van der Waals surface area contributed by atoms with Gasteiger partial charge < -0.3 is 10.1 Å². The Labute approximate surface area is 167 Å². The number of nitrogens with zero attached hydrogens (tertiary/aromatic N) is 1. The van der Waals surface area contributed by atoms with Crippen molar-refractivity contribution in [3.05, 3.63) is 95.8 Å². The van der Waals surface area contributed by atoms with Gasteiger partial charge in [-0.1, -0.05) is 54.6 Å². The van der Waals surface area contributed by atoms with Gasteiger partial charge in [0.1, 0.15) is 18.2 Å². The third-order valence-electron chi connectivity index (χ3n) is 3.85. The lowest BCUT2D eigenvalue weighted by Gasteiger charge is -2.09. The average molecular weight is 391 g/mol. The molecule has 0 atom stereocenters. The molecule has 0 aliphatic heterocycles. The van der Waals surface area contributed by atoms with E-state index in [9.17, 15) is 14.0 Å². The Morgan fingerprint density at radius 3 is 2.38 bits per heavy atom. The van der Waals surface area contributed by atoms with E-state index in [4.69, 9.17) is 4.74 Å². The number of halogens is 1. The first-order chi connectivity index (χ1) is 14.1. The molecule has 0 bridgehead atoms. The lowest BCUT2D eigenvalue weighted by molar-refractivity contribution is -0.136. The van der Waals surface area contributed by atoms with Crippen molar-refractivity contribution in [3.8, 4) is 5.75 Å². The number of carbonyl (C=O) groups is 2. The van der Waals surface area contributed by atoms with Gasteiger partial charge in [-0.2, -0.15) is 5.10 Å². The van der Waals surface area contributed by atoms with Crippen molar-refractivity contribution >= 4 is 23.7 Å². The molecule has 2 amide bonds. The predicted octanol–water partition coefficient (Wildman–Crippen LogP) is 3.49. The first-order valence-corrected chi connectivity index (χ1v) is 8.78. The van der Waals surface area contributed by atoms with E-state index in [0.717, 1.165) is 5.56 Å². The van der Waals surface area contributed by atoms with Crippen LogP contribution in [0.15, 0.2) is 84.0 Å². The van der Waals surface area contributed by atoms with Crippen molar-refractivity contribution in [2.45, 2.75) is 6.61 Å². The Morgan fingerprint density at radius 2 is 1.59 bits per heavy atom. The molecule has 146 valence electrons. The zero-order valence-corrected chi connectivity index (χ0v) is 15.3. The van der Waals surface area contributed by atoms with Crippen molar-refractivity contribution < 1.29 is 18.7 Å². The van der Waals surface area contributed by atoms with E-state index in [1.165, 1.54) is 24.4 Å². The molecule has 0 aromatic heterocycles. The number of amides is 2. The standard InChI is InChI=1S/C22H18FN3O3/c23-18-11-5-6-12-19(18)25-21(27)22(28)26-24-14-17-10-4-7-13-20(17)29-15-16-8-2-1-3-9-16/h1-14H,15H2,(H,25,27)(H,26,28). The molecule has 2 N–H and O–H groups in total. The van der Waals surface area contributed by atoms with E-state index in [0.29, 0.717) is 17.9 Å². The molecule has 3 aromatic rings. The Kier molecular flexibility index (Phi) is 6.67. The highest BCUT2D eigenvalue weighted by molar-refractivity contribution is 6.39. The maximum atomic E-state index is 13.5.